The molecule has 0 spiro atoms. The fourth-order valence-corrected chi connectivity index (χ4v) is 1.29. The van der Waals surface area contributed by atoms with Gasteiger partial charge in [-0.3, -0.25) is 4.98 Å². The molecule has 5 heteroatoms. The van der Waals surface area contributed by atoms with Crippen LogP contribution in [0.1, 0.15) is 13.8 Å². The van der Waals surface area contributed by atoms with Crippen molar-refractivity contribution in [1.29, 1.82) is 0 Å². The van der Waals surface area contributed by atoms with Crippen molar-refractivity contribution in [2.45, 2.75) is 19.4 Å². The lowest BCUT2D eigenvalue weighted by Gasteiger charge is -2.25. The summed E-state index contributed by atoms with van der Waals surface area (Å²) in [4.78, 5) is 8.01. The monoisotopic (exact) mass is 215 g/mol. The summed E-state index contributed by atoms with van der Waals surface area (Å²) in [5.74, 6) is 0.652. The first-order valence-corrected chi connectivity index (χ1v) is 4.66. The molecule has 1 aromatic rings. The SMILES string of the molecule is COCC(C)(C)Nc1cncc(Cl)n1. The van der Waals surface area contributed by atoms with Gasteiger partial charge in [-0.15, -0.1) is 0 Å². The van der Waals surface area contributed by atoms with Crippen molar-refractivity contribution in [3.8, 4) is 0 Å². The molecule has 14 heavy (non-hydrogen) atoms. The molecule has 0 saturated heterocycles. The van der Waals surface area contributed by atoms with Crippen molar-refractivity contribution in [3.05, 3.63) is 17.5 Å². The average molecular weight is 216 g/mol. The molecule has 1 N–H and O–H groups in total. The molecule has 78 valence electrons. The number of ether oxygens (including phenoxy) is 1. The molecule has 0 aliphatic rings. The number of hydrogen-bond acceptors (Lipinski definition) is 4. The van der Waals surface area contributed by atoms with Gasteiger partial charge in [-0.05, 0) is 13.8 Å². The van der Waals surface area contributed by atoms with Crippen LogP contribution in [0.2, 0.25) is 5.15 Å². The van der Waals surface area contributed by atoms with Crippen LogP contribution in [0.25, 0.3) is 0 Å². The first kappa shape index (κ1) is 11.2. The van der Waals surface area contributed by atoms with Gasteiger partial charge in [0.05, 0.1) is 24.5 Å². The molecule has 0 aliphatic carbocycles. The summed E-state index contributed by atoms with van der Waals surface area (Å²) in [5.41, 5.74) is -0.186. The molecule has 1 rings (SSSR count). The quantitative estimate of drug-likeness (QED) is 0.834. The van der Waals surface area contributed by atoms with Gasteiger partial charge in [-0.2, -0.15) is 0 Å². The van der Waals surface area contributed by atoms with Gasteiger partial charge in [0.1, 0.15) is 11.0 Å². The number of methoxy groups -OCH3 is 1. The van der Waals surface area contributed by atoms with Crippen LogP contribution in [0.5, 0.6) is 0 Å². The molecule has 0 amide bonds. The Morgan fingerprint density at radius 1 is 1.50 bits per heavy atom. The number of nitrogens with zero attached hydrogens (tertiary/aromatic N) is 2. The predicted octanol–water partition coefficient (Wildman–Crippen LogP) is 1.97. The lowest BCUT2D eigenvalue weighted by Crippen LogP contribution is -2.36. The molecule has 1 aromatic heterocycles. The number of aromatic nitrogens is 2. The summed E-state index contributed by atoms with van der Waals surface area (Å²) in [6.45, 7) is 4.61. The van der Waals surface area contributed by atoms with E-state index in [1.54, 1.807) is 13.3 Å². The molecule has 4 nitrogen and oxygen atoms in total. The summed E-state index contributed by atoms with van der Waals surface area (Å²) in [6.07, 6.45) is 3.12. The molecule has 0 saturated carbocycles. The standard InChI is InChI=1S/C9H14ClN3O/c1-9(2,6-14-3)13-8-5-11-4-7(10)12-8/h4-5H,6H2,1-3H3,(H,12,13). The largest absolute Gasteiger partial charge is 0.382 e. The van der Waals surface area contributed by atoms with Crippen LogP contribution in [-0.2, 0) is 4.74 Å². The number of halogens is 1. The Kier molecular flexibility index (Phi) is 3.66. The predicted molar refractivity (Wildman–Crippen MR) is 56.6 cm³/mol. The highest BCUT2D eigenvalue weighted by molar-refractivity contribution is 6.29. The second-order valence-electron chi connectivity index (χ2n) is 3.67. The van der Waals surface area contributed by atoms with Crippen LogP contribution >= 0.6 is 11.6 Å². The van der Waals surface area contributed by atoms with Crippen LogP contribution in [0.3, 0.4) is 0 Å². The smallest absolute Gasteiger partial charge is 0.149 e. The number of hydrogen-bond donors (Lipinski definition) is 1. The maximum atomic E-state index is 5.71. The highest BCUT2D eigenvalue weighted by Gasteiger charge is 2.17. The van der Waals surface area contributed by atoms with E-state index in [0.29, 0.717) is 17.6 Å². The second-order valence-corrected chi connectivity index (χ2v) is 4.06. The molecular weight excluding hydrogens is 202 g/mol. The Labute approximate surface area is 88.7 Å². The minimum atomic E-state index is -0.186. The zero-order valence-electron chi connectivity index (χ0n) is 8.54. The number of anilines is 1. The lowest BCUT2D eigenvalue weighted by molar-refractivity contribution is 0.158. The first-order chi connectivity index (χ1) is 6.53. The summed E-state index contributed by atoms with van der Waals surface area (Å²) >= 11 is 5.71. The van der Waals surface area contributed by atoms with Gasteiger partial charge in [-0.25, -0.2) is 4.98 Å². The van der Waals surface area contributed by atoms with Crippen LogP contribution in [0.4, 0.5) is 5.82 Å². The van der Waals surface area contributed by atoms with E-state index in [4.69, 9.17) is 16.3 Å². The normalized spacial score (nSPS) is 11.4. The molecule has 0 atom stereocenters. The van der Waals surface area contributed by atoms with E-state index in [1.165, 1.54) is 6.20 Å². The maximum absolute atomic E-state index is 5.71. The summed E-state index contributed by atoms with van der Waals surface area (Å²) in [5, 5.41) is 3.55. The summed E-state index contributed by atoms with van der Waals surface area (Å²) in [6, 6.07) is 0. The van der Waals surface area contributed by atoms with Crippen LogP contribution in [0.15, 0.2) is 12.4 Å². The van der Waals surface area contributed by atoms with Gasteiger partial charge in [0.2, 0.25) is 0 Å². The van der Waals surface area contributed by atoms with E-state index in [-0.39, 0.29) is 5.54 Å². The van der Waals surface area contributed by atoms with Gasteiger partial charge in [0, 0.05) is 7.11 Å². The van der Waals surface area contributed by atoms with Crippen molar-refractivity contribution in [3.63, 3.8) is 0 Å². The molecule has 0 aromatic carbocycles. The molecule has 0 bridgehead atoms. The summed E-state index contributed by atoms with van der Waals surface area (Å²) < 4.78 is 5.07. The van der Waals surface area contributed by atoms with E-state index in [1.807, 2.05) is 13.8 Å². The van der Waals surface area contributed by atoms with E-state index in [9.17, 15) is 0 Å². The minimum absolute atomic E-state index is 0.186. The third kappa shape index (κ3) is 3.47. The van der Waals surface area contributed by atoms with Crippen molar-refractivity contribution < 1.29 is 4.74 Å². The zero-order chi connectivity index (χ0) is 10.6. The third-order valence-corrected chi connectivity index (χ3v) is 1.76. The van der Waals surface area contributed by atoms with Crippen molar-refractivity contribution in [2.24, 2.45) is 0 Å². The van der Waals surface area contributed by atoms with E-state index >= 15 is 0 Å². The van der Waals surface area contributed by atoms with Gasteiger partial charge in [0.25, 0.3) is 0 Å². The molecule has 1 heterocycles. The molecular formula is C9H14ClN3O. The molecule has 0 unspecified atom stereocenters. The van der Waals surface area contributed by atoms with E-state index < -0.39 is 0 Å². The second kappa shape index (κ2) is 4.57. The van der Waals surface area contributed by atoms with Crippen molar-refractivity contribution in [1.82, 2.24) is 9.97 Å². The minimum Gasteiger partial charge on any atom is -0.382 e. The van der Waals surface area contributed by atoms with Gasteiger partial charge in [-0.1, -0.05) is 11.6 Å². The zero-order valence-corrected chi connectivity index (χ0v) is 9.30. The molecule has 0 radical (unpaired) electrons. The topological polar surface area (TPSA) is 47.0 Å². The maximum Gasteiger partial charge on any atom is 0.149 e. The number of rotatable bonds is 4. The Morgan fingerprint density at radius 2 is 2.21 bits per heavy atom. The highest BCUT2D eigenvalue weighted by atomic mass is 35.5. The first-order valence-electron chi connectivity index (χ1n) is 4.28. The molecule has 0 fully saturated rings. The third-order valence-electron chi connectivity index (χ3n) is 1.58. The van der Waals surface area contributed by atoms with E-state index in [2.05, 4.69) is 15.3 Å². The van der Waals surface area contributed by atoms with Gasteiger partial charge >= 0.3 is 0 Å². The van der Waals surface area contributed by atoms with Crippen LogP contribution in [0, 0.1) is 0 Å². The number of nitrogens with one attached hydrogen (secondary N) is 1. The summed E-state index contributed by atoms with van der Waals surface area (Å²) in [7, 11) is 1.66. The Morgan fingerprint density at radius 3 is 2.79 bits per heavy atom. The molecule has 0 aliphatic heterocycles. The van der Waals surface area contributed by atoms with Crippen LogP contribution < -0.4 is 5.32 Å². The van der Waals surface area contributed by atoms with Crippen LogP contribution in [-0.4, -0.2) is 29.2 Å². The van der Waals surface area contributed by atoms with E-state index in [0.717, 1.165) is 0 Å². The van der Waals surface area contributed by atoms with Crippen molar-refractivity contribution >= 4 is 17.4 Å². The average Bonchev–Trinajstić information content (AvgIpc) is 2.02. The Hall–Kier alpha value is -0.870. The fraction of sp³-hybridized carbons (Fsp3) is 0.556. The Bertz CT molecular complexity index is 304. The van der Waals surface area contributed by atoms with Crippen molar-refractivity contribution in [2.75, 3.05) is 19.0 Å². The lowest BCUT2D eigenvalue weighted by atomic mass is 10.1. The van der Waals surface area contributed by atoms with Gasteiger partial charge < -0.3 is 10.1 Å². The fourth-order valence-electron chi connectivity index (χ4n) is 1.15. The Balaban J connectivity index is 2.68. The van der Waals surface area contributed by atoms with Gasteiger partial charge in [0.15, 0.2) is 0 Å². The highest BCUT2D eigenvalue weighted by Crippen LogP contribution is 2.13.